The van der Waals surface area contributed by atoms with Crippen LogP contribution >= 0.6 is 0 Å². The molecule has 0 aromatic carbocycles. The molecule has 5 atom stereocenters. The number of hydrogen-bond acceptors (Lipinski definition) is 0. The minimum Gasteiger partial charge on any atom is -0.0654 e. The fourth-order valence-corrected chi connectivity index (χ4v) is 6.86. The van der Waals surface area contributed by atoms with Gasteiger partial charge in [0.1, 0.15) is 0 Å². The van der Waals surface area contributed by atoms with E-state index in [-0.39, 0.29) is 0 Å². The molecule has 5 unspecified atom stereocenters. The molecule has 2 aliphatic carbocycles. The van der Waals surface area contributed by atoms with E-state index in [2.05, 4.69) is 27.7 Å². The Balaban J connectivity index is 1.94. The molecule has 0 nitrogen and oxygen atoms in total. The SMILES string of the molecule is CCCC1CCCC(C(CCC2CCCCCCCC2CCC)C(C)C)C1. The summed E-state index contributed by atoms with van der Waals surface area (Å²) in [7, 11) is 0. The average molecular weight is 377 g/mol. The summed E-state index contributed by atoms with van der Waals surface area (Å²) < 4.78 is 0. The Morgan fingerprint density at radius 2 is 1.30 bits per heavy atom. The molecule has 0 N–H and O–H groups in total. The summed E-state index contributed by atoms with van der Waals surface area (Å²) in [6.07, 6.45) is 25.6. The quantitative estimate of drug-likeness (QED) is 0.376. The van der Waals surface area contributed by atoms with Crippen molar-refractivity contribution in [3.63, 3.8) is 0 Å². The predicted octanol–water partition coefficient (Wildman–Crippen LogP) is 9.42. The summed E-state index contributed by atoms with van der Waals surface area (Å²) in [6.45, 7) is 9.85. The van der Waals surface area contributed by atoms with Crippen molar-refractivity contribution in [2.24, 2.45) is 35.5 Å². The van der Waals surface area contributed by atoms with Gasteiger partial charge in [0.25, 0.3) is 0 Å². The van der Waals surface area contributed by atoms with Gasteiger partial charge in [-0.15, -0.1) is 0 Å². The Hall–Kier alpha value is 0. The molecule has 0 aliphatic heterocycles. The summed E-state index contributed by atoms with van der Waals surface area (Å²) in [5, 5.41) is 0. The Labute approximate surface area is 172 Å². The average Bonchev–Trinajstić information content (AvgIpc) is 2.75. The van der Waals surface area contributed by atoms with Gasteiger partial charge in [0.05, 0.1) is 0 Å². The molecule has 27 heavy (non-hydrogen) atoms. The van der Waals surface area contributed by atoms with E-state index in [1.807, 2.05) is 0 Å². The first kappa shape index (κ1) is 23.3. The second-order valence-corrected chi connectivity index (χ2v) is 10.7. The predicted molar refractivity (Wildman–Crippen MR) is 122 cm³/mol. The molecule has 2 aliphatic rings. The highest BCUT2D eigenvalue weighted by Crippen LogP contribution is 2.42. The van der Waals surface area contributed by atoms with Crippen LogP contribution in [0.2, 0.25) is 0 Å². The zero-order valence-corrected chi connectivity index (χ0v) is 19.5. The van der Waals surface area contributed by atoms with Crippen molar-refractivity contribution >= 4 is 0 Å². The summed E-state index contributed by atoms with van der Waals surface area (Å²) >= 11 is 0. The van der Waals surface area contributed by atoms with Crippen molar-refractivity contribution in [1.82, 2.24) is 0 Å². The molecular weight excluding hydrogens is 324 g/mol. The second kappa shape index (κ2) is 13.3. The van der Waals surface area contributed by atoms with Gasteiger partial charge in [-0.05, 0) is 54.8 Å². The normalized spacial score (nSPS) is 31.9. The third kappa shape index (κ3) is 8.10. The van der Waals surface area contributed by atoms with E-state index in [0.717, 1.165) is 35.5 Å². The molecular formula is C27H52. The third-order valence-electron chi connectivity index (χ3n) is 8.33. The van der Waals surface area contributed by atoms with Crippen molar-refractivity contribution in [2.45, 2.75) is 137 Å². The Morgan fingerprint density at radius 3 is 1.93 bits per heavy atom. The minimum atomic E-state index is 0.885. The minimum absolute atomic E-state index is 0.885. The van der Waals surface area contributed by atoms with Gasteiger partial charge in [-0.1, -0.05) is 118 Å². The lowest BCUT2D eigenvalue weighted by Gasteiger charge is -2.38. The van der Waals surface area contributed by atoms with Crippen molar-refractivity contribution < 1.29 is 0 Å². The molecule has 0 radical (unpaired) electrons. The monoisotopic (exact) mass is 376 g/mol. The second-order valence-electron chi connectivity index (χ2n) is 10.7. The van der Waals surface area contributed by atoms with Crippen LogP contribution in [0, 0.1) is 35.5 Å². The van der Waals surface area contributed by atoms with Crippen molar-refractivity contribution in [3.8, 4) is 0 Å². The van der Waals surface area contributed by atoms with E-state index in [9.17, 15) is 0 Å². The molecule has 0 aromatic rings. The third-order valence-corrected chi connectivity index (χ3v) is 8.33. The lowest BCUT2D eigenvalue weighted by molar-refractivity contribution is 0.129. The van der Waals surface area contributed by atoms with Crippen LogP contribution in [0.4, 0.5) is 0 Å². The first-order valence-corrected chi connectivity index (χ1v) is 13.2. The molecule has 0 heteroatoms. The van der Waals surface area contributed by atoms with Crippen LogP contribution < -0.4 is 0 Å². The zero-order valence-electron chi connectivity index (χ0n) is 19.5. The van der Waals surface area contributed by atoms with Crippen LogP contribution in [-0.2, 0) is 0 Å². The van der Waals surface area contributed by atoms with E-state index in [1.165, 1.54) is 89.9 Å². The fraction of sp³-hybridized carbons (Fsp3) is 1.00. The van der Waals surface area contributed by atoms with Crippen molar-refractivity contribution in [1.29, 1.82) is 0 Å². The van der Waals surface area contributed by atoms with E-state index < -0.39 is 0 Å². The van der Waals surface area contributed by atoms with Crippen molar-refractivity contribution in [2.75, 3.05) is 0 Å². The Morgan fingerprint density at radius 1 is 0.667 bits per heavy atom. The molecule has 160 valence electrons. The highest BCUT2D eigenvalue weighted by atomic mass is 14.4. The molecule has 0 amide bonds. The van der Waals surface area contributed by atoms with Gasteiger partial charge in [0.2, 0.25) is 0 Å². The number of rotatable bonds is 9. The zero-order chi connectivity index (χ0) is 19.5. The van der Waals surface area contributed by atoms with Crippen LogP contribution in [0.5, 0.6) is 0 Å². The molecule has 0 heterocycles. The topological polar surface area (TPSA) is 0 Å². The fourth-order valence-electron chi connectivity index (χ4n) is 6.86. The first-order chi connectivity index (χ1) is 13.2. The van der Waals surface area contributed by atoms with E-state index in [1.54, 1.807) is 19.3 Å². The largest absolute Gasteiger partial charge is 0.0654 e. The lowest BCUT2D eigenvalue weighted by Crippen LogP contribution is -2.27. The Kier molecular flexibility index (Phi) is 11.4. The van der Waals surface area contributed by atoms with Gasteiger partial charge in [-0.2, -0.15) is 0 Å². The molecule has 2 fully saturated rings. The van der Waals surface area contributed by atoms with Gasteiger partial charge in [-0.25, -0.2) is 0 Å². The molecule has 2 rings (SSSR count). The van der Waals surface area contributed by atoms with Crippen LogP contribution in [-0.4, -0.2) is 0 Å². The lowest BCUT2D eigenvalue weighted by atomic mass is 9.68. The maximum absolute atomic E-state index is 2.53. The van der Waals surface area contributed by atoms with Gasteiger partial charge in [0, 0.05) is 0 Å². The van der Waals surface area contributed by atoms with Gasteiger partial charge in [-0.3, -0.25) is 0 Å². The molecule has 2 saturated carbocycles. The van der Waals surface area contributed by atoms with Crippen LogP contribution in [0.15, 0.2) is 0 Å². The van der Waals surface area contributed by atoms with E-state index in [0.29, 0.717) is 0 Å². The molecule has 0 spiro atoms. The summed E-state index contributed by atoms with van der Waals surface area (Å²) in [6, 6.07) is 0. The van der Waals surface area contributed by atoms with Gasteiger partial charge < -0.3 is 0 Å². The van der Waals surface area contributed by atoms with Crippen molar-refractivity contribution in [3.05, 3.63) is 0 Å². The highest BCUT2D eigenvalue weighted by molar-refractivity contribution is 4.82. The van der Waals surface area contributed by atoms with Gasteiger partial charge >= 0.3 is 0 Å². The highest BCUT2D eigenvalue weighted by Gasteiger charge is 2.31. The molecule has 0 saturated heterocycles. The first-order valence-electron chi connectivity index (χ1n) is 13.2. The molecule has 0 bridgehead atoms. The number of hydrogen-bond donors (Lipinski definition) is 0. The summed E-state index contributed by atoms with van der Waals surface area (Å²) in [5.74, 6) is 6.05. The van der Waals surface area contributed by atoms with E-state index >= 15 is 0 Å². The maximum Gasteiger partial charge on any atom is -0.0362 e. The Bertz CT molecular complexity index is 355. The maximum atomic E-state index is 2.53. The van der Waals surface area contributed by atoms with Gasteiger partial charge in [0.15, 0.2) is 0 Å². The molecule has 0 aromatic heterocycles. The standard InChI is InChI=1S/C27H52/c1-5-13-23-15-12-18-26(21-23)27(22(3)4)20-19-25-17-11-9-7-8-10-16-24(25)14-6-2/h22-27H,5-21H2,1-4H3. The van der Waals surface area contributed by atoms with Crippen LogP contribution in [0.25, 0.3) is 0 Å². The smallest absolute Gasteiger partial charge is 0.0362 e. The van der Waals surface area contributed by atoms with E-state index in [4.69, 9.17) is 0 Å². The van der Waals surface area contributed by atoms with Crippen LogP contribution in [0.1, 0.15) is 137 Å². The summed E-state index contributed by atoms with van der Waals surface area (Å²) in [5.41, 5.74) is 0. The van der Waals surface area contributed by atoms with Crippen LogP contribution in [0.3, 0.4) is 0 Å². The summed E-state index contributed by atoms with van der Waals surface area (Å²) in [4.78, 5) is 0.